The number of ether oxygens (including phenoxy) is 1. The number of benzene rings is 1. The van der Waals surface area contributed by atoms with Crippen molar-refractivity contribution in [1.82, 2.24) is 4.90 Å². The number of piperazine rings is 1. The van der Waals surface area contributed by atoms with Crippen molar-refractivity contribution in [3.8, 4) is 5.75 Å². The molecule has 2 N–H and O–H groups in total. The molecule has 1 saturated heterocycles. The Kier molecular flexibility index (Phi) is 6.13. The highest BCUT2D eigenvalue weighted by Crippen LogP contribution is 2.23. The minimum Gasteiger partial charge on any atom is -0.492 e. The number of amides is 2. The second-order valence-corrected chi connectivity index (χ2v) is 6.57. The Bertz CT molecular complexity index is 767. The summed E-state index contributed by atoms with van der Waals surface area (Å²) in [4.78, 5) is 28.0. The fourth-order valence-corrected chi connectivity index (χ4v) is 3.26. The van der Waals surface area contributed by atoms with E-state index in [1.807, 2.05) is 38.1 Å². The van der Waals surface area contributed by atoms with E-state index in [9.17, 15) is 9.59 Å². The molecular weight excluding hydrogens is 346 g/mol. The molecule has 1 aromatic carbocycles. The van der Waals surface area contributed by atoms with Gasteiger partial charge in [0.05, 0.1) is 44.7 Å². The second kappa shape index (κ2) is 8.73. The molecular formula is C20H26N3O4+. The molecule has 3 rings (SSSR count). The Hall–Kier alpha value is -2.80. The SMILES string of the molecule is CCOc1ccccc1NC(=O)[C@H](C)[NH+]1CCN(C(=O)c2ccco2)CC1. The van der Waals surface area contributed by atoms with Crippen LogP contribution in [0.2, 0.25) is 0 Å². The van der Waals surface area contributed by atoms with Crippen molar-refractivity contribution >= 4 is 17.5 Å². The summed E-state index contributed by atoms with van der Waals surface area (Å²) >= 11 is 0. The van der Waals surface area contributed by atoms with Crippen LogP contribution in [0, 0.1) is 0 Å². The van der Waals surface area contributed by atoms with Gasteiger partial charge in [0, 0.05) is 0 Å². The van der Waals surface area contributed by atoms with Crippen LogP contribution in [0.4, 0.5) is 5.69 Å². The van der Waals surface area contributed by atoms with E-state index in [-0.39, 0.29) is 17.9 Å². The fourth-order valence-electron chi connectivity index (χ4n) is 3.26. The average molecular weight is 372 g/mol. The number of quaternary nitrogens is 1. The first kappa shape index (κ1) is 19.0. The lowest BCUT2D eigenvalue weighted by atomic mass is 10.2. The van der Waals surface area contributed by atoms with E-state index in [4.69, 9.17) is 9.15 Å². The maximum atomic E-state index is 12.7. The Morgan fingerprint density at radius 2 is 1.96 bits per heavy atom. The molecule has 7 heteroatoms. The van der Waals surface area contributed by atoms with Gasteiger partial charge in [-0.1, -0.05) is 12.1 Å². The van der Waals surface area contributed by atoms with Gasteiger partial charge < -0.3 is 24.3 Å². The zero-order chi connectivity index (χ0) is 19.2. The molecule has 1 aliphatic heterocycles. The van der Waals surface area contributed by atoms with Crippen LogP contribution in [-0.4, -0.2) is 55.5 Å². The molecule has 0 saturated carbocycles. The second-order valence-electron chi connectivity index (χ2n) is 6.57. The smallest absolute Gasteiger partial charge is 0.289 e. The summed E-state index contributed by atoms with van der Waals surface area (Å²) in [6.45, 7) is 7.00. The van der Waals surface area contributed by atoms with Crippen molar-refractivity contribution in [2.24, 2.45) is 0 Å². The predicted octanol–water partition coefficient (Wildman–Crippen LogP) is 1.05. The highest BCUT2D eigenvalue weighted by Gasteiger charge is 2.32. The molecule has 1 aliphatic rings. The molecule has 0 aliphatic carbocycles. The molecule has 1 atom stereocenters. The van der Waals surface area contributed by atoms with Gasteiger partial charge in [0.2, 0.25) is 0 Å². The lowest BCUT2D eigenvalue weighted by Gasteiger charge is -2.34. The maximum Gasteiger partial charge on any atom is 0.289 e. The van der Waals surface area contributed by atoms with Crippen LogP contribution in [0.15, 0.2) is 47.1 Å². The molecule has 2 amide bonds. The number of para-hydroxylation sites is 2. The molecule has 144 valence electrons. The zero-order valence-corrected chi connectivity index (χ0v) is 15.7. The van der Waals surface area contributed by atoms with E-state index in [0.717, 1.165) is 4.90 Å². The van der Waals surface area contributed by atoms with Crippen LogP contribution in [0.25, 0.3) is 0 Å². The van der Waals surface area contributed by atoms with Crippen molar-refractivity contribution in [2.75, 3.05) is 38.1 Å². The van der Waals surface area contributed by atoms with E-state index >= 15 is 0 Å². The summed E-state index contributed by atoms with van der Waals surface area (Å²) in [7, 11) is 0. The molecule has 0 bridgehead atoms. The third-order valence-corrected chi connectivity index (χ3v) is 4.88. The number of rotatable bonds is 6. The lowest BCUT2D eigenvalue weighted by molar-refractivity contribution is -0.917. The summed E-state index contributed by atoms with van der Waals surface area (Å²) in [5.74, 6) is 0.881. The first-order valence-corrected chi connectivity index (χ1v) is 9.30. The van der Waals surface area contributed by atoms with Gasteiger partial charge in [0.15, 0.2) is 11.8 Å². The number of nitrogens with one attached hydrogen (secondary N) is 2. The monoisotopic (exact) mass is 372 g/mol. The molecule has 0 spiro atoms. The maximum absolute atomic E-state index is 12.7. The largest absolute Gasteiger partial charge is 0.492 e. The van der Waals surface area contributed by atoms with Crippen LogP contribution < -0.4 is 15.0 Å². The number of nitrogens with zero attached hydrogens (tertiary/aromatic N) is 1. The van der Waals surface area contributed by atoms with E-state index < -0.39 is 0 Å². The third-order valence-electron chi connectivity index (χ3n) is 4.88. The quantitative estimate of drug-likeness (QED) is 0.795. The van der Waals surface area contributed by atoms with Crippen molar-refractivity contribution in [2.45, 2.75) is 19.9 Å². The Labute approximate surface area is 158 Å². The van der Waals surface area contributed by atoms with Crippen molar-refractivity contribution in [1.29, 1.82) is 0 Å². The average Bonchev–Trinajstić information content (AvgIpc) is 3.23. The number of carbonyl (C=O) groups is 2. The molecule has 7 nitrogen and oxygen atoms in total. The van der Waals surface area contributed by atoms with Gasteiger partial charge in [-0.3, -0.25) is 9.59 Å². The highest BCUT2D eigenvalue weighted by atomic mass is 16.5. The zero-order valence-electron chi connectivity index (χ0n) is 15.7. The third kappa shape index (κ3) is 4.49. The standard InChI is InChI=1S/C20H25N3O4/c1-3-26-17-8-5-4-7-16(17)21-19(24)15(2)22-10-12-23(13-11-22)20(25)18-9-6-14-27-18/h4-9,14-15H,3,10-13H2,1-2H3,(H,21,24)/p+1/t15-/m0/s1. The normalized spacial score (nSPS) is 16.0. The van der Waals surface area contributed by atoms with E-state index in [0.29, 0.717) is 50.0 Å². The topological polar surface area (TPSA) is 76.2 Å². The molecule has 27 heavy (non-hydrogen) atoms. The number of carbonyl (C=O) groups excluding carboxylic acids is 2. The summed E-state index contributed by atoms with van der Waals surface area (Å²) in [5, 5.41) is 2.97. The predicted molar refractivity (Wildman–Crippen MR) is 101 cm³/mol. The van der Waals surface area contributed by atoms with Crippen LogP contribution in [0.3, 0.4) is 0 Å². The minimum atomic E-state index is -0.222. The fraction of sp³-hybridized carbons (Fsp3) is 0.400. The van der Waals surface area contributed by atoms with Crippen LogP contribution in [-0.2, 0) is 4.79 Å². The van der Waals surface area contributed by atoms with E-state index in [1.54, 1.807) is 17.0 Å². The minimum absolute atomic E-state index is 0.0528. The summed E-state index contributed by atoms with van der Waals surface area (Å²) in [6.07, 6.45) is 1.50. The summed E-state index contributed by atoms with van der Waals surface area (Å²) in [5.41, 5.74) is 0.683. The number of hydrogen-bond donors (Lipinski definition) is 2. The van der Waals surface area contributed by atoms with E-state index in [2.05, 4.69) is 5.32 Å². The van der Waals surface area contributed by atoms with Gasteiger partial charge in [0.25, 0.3) is 11.8 Å². The van der Waals surface area contributed by atoms with Crippen molar-refractivity contribution < 1.29 is 23.6 Å². The molecule has 0 radical (unpaired) electrons. The molecule has 2 aromatic rings. The Morgan fingerprint density at radius 3 is 2.63 bits per heavy atom. The van der Waals surface area contributed by atoms with Gasteiger partial charge in [-0.2, -0.15) is 0 Å². The van der Waals surface area contributed by atoms with Crippen LogP contribution in [0.1, 0.15) is 24.4 Å². The highest BCUT2D eigenvalue weighted by molar-refractivity contribution is 5.95. The van der Waals surface area contributed by atoms with E-state index in [1.165, 1.54) is 6.26 Å². The molecule has 1 aromatic heterocycles. The van der Waals surface area contributed by atoms with Gasteiger partial charge >= 0.3 is 0 Å². The summed E-state index contributed by atoms with van der Waals surface area (Å²) in [6, 6.07) is 10.6. The van der Waals surface area contributed by atoms with Crippen molar-refractivity contribution in [3.63, 3.8) is 0 Å². The van der Waals surface area contributed by atoms with Crippen molar-refractivity contribution in [3.05, 3.63) is 48.4 Å². The number of hydrogen-bond acceptors (Lipinski definition) is 4. The van der Waals surface area contributed by atoms with Crippen LogP contribution in [0.5, 0.6) is 5.75 Å². The molecule has 0 unspecified atom stereocenters. The van der Waals surface area contributed by atoms with Gasteiger partial charge in [-0.05, 0) is 38.1 Å². The van der Waals surface area contributed by atoms with Gasteiger partial charge in [-0.15, -0.1) is 0 Å². The first-order chi connectivity index (χ1) is 13.1. The van der Waals surface area contributed by atoms with Gasteiger partial charge in [0.1, 0.15) is 5.75 Å². The first-order valence-electron chi connectivity index (χ1n) is 9.30. The lowest BCUT2D eigenvalue weighted by Crippen LogP contribution is -3.19. The molecule has 2 heterocycles. The number of anilines is 1. The van der Waals surface area contributed by atoms with Crippen LogP contribution >= 0.6 is 0 Å². The van der Waals surface area contributed by atoms with Gasteiger partial charge in [-0.25, -0.2) is 0 Å². The molecule has 1 fully saturated rings. The Balaban J connectivity index is 1.55. The Morgan fingerprint density at radius 1 is 1.22 bits per heavy atom. The number of furan rings is 1. The summed E-state index contributed by atoms with van der Waals surface area (Å²) < 4.78 is 10.7.